The third-order valence-electron chi connectivity index (χ3n) is 3.94. The molecule has 104 valence electrons. The summed E-state index contributed by atoms with van der Waals surface area (Å²) in [5.41, 5.74) is 0.993. The molecule has 1 aliphatic heterocycles. The third-order valence-corrected chi connectivity index (χ3v) is 3.94. The van der Waals surface area contributed by atoms with Crippen molar-refractivity contribution in [2.45, 2.75) is 6.29 Å². The average molecular weight is 280 g/mol. The first kappa shape index (κ1) is 12.2. The summed E-state index contributed by atoms with van der Waals surface area (Å²) in [4.78, 5) is 12.0. The molecule has 1 heterocycles. The molecule has 21 heavy (non-hydrogen) atoms. The highest BCUT2D eigenvalue weighted by molar-refractivity contribution is 6.19. The number of carbonyl (C=O) groups is 1. The fraction of sp³-hybridized carbons (Fsp3) is 0.118. The molecule has 0 radical (unpaired) electrons. The van der Waals surface area contributed by atoms with E-state index in [1.807, 2.05) is 42.5 Å². The van der Waals surface area contributed by atoms with Crippen LogP contribution in [0.1, 0.15) is 22.2 Å². The van der Waals surface area contributed by atoms with Gasteiger partial charge in [0.05, 0.1) is 12.7 Å². The molecule has 0 aliphatic carbocycles. The van der Waals surface area contributed by atoms with Gasteiger partial charge in [0.25, 0.3) is 0 Å². The highest BCUT2D eigenvalue weighted by atomic mass is 16.6. The minimum Gasteiger partial charge on any atom is -0.497 e. The second-order valence-electron chi connectivity index (χ2n) is 5.00. The van der Waals surface area contributed by atoms with E-state index in [0.29, 0.717) is 11.1 Å². The number of hydrogen-bond donors (Lipinski definition) is 1. The highest BCUT2D eigenvalue weighted by Gasteiger charge is 2.33. The molecular formula is C17H12O4. The van der Waals surface area contributed by atoms with Crippen molar-refractivity contribution in [2.24, 2.45) is 0 Å². The second-order valence-corrected chi connectivity index (χ2v) is 5.00. The molecule has 0 saturated carbocycles. The monoisotopic (exact) mass is 280 g/mol. The molecule has 0 aromatic heterocycles. The number of esters is 1. The Morgan fingerprint density at radius 3 is 2.57 bits per heavy atom. The van der Waals surface area contributed by atoms with E-state index in [0.717, 1.165) is 27.3 Å². The molecule has 1 atom stereocenters. The van der Waals surface area contributed by atoms with Crippen LogP contribution in [0.3, 0.4) is 0 Å². The van der Waals surface area contributed by atoms with Gasteiger partial charge in [0, 0.05) is 5.56 Å². The van der Waals surface area contributed by atoms with E-state index in [4.69, 9.17) is 9.47 Å². The quantitative estimate of drug-likeness (QED) is 0.549. The number of rotatable bonds is 1. The average Bonchev–Trinajstić information content (AvgIpc) is 2.82. The minimum atomic E-state index is -1.21. The van der Waals surface area contributed by atoms with Gasteiger partial charge in [0.2, 0.25) is 6.29 Å². The van der Waals surface area contributed by atoms with Crippen molar-refractivity contribution in [3.05, 3.63) is 53.6 Å². The standard InChI is InChI=1S/C17H12O4/c1-20-9-6-7-12-13(8-9)10-4-2-3-5-11(10)14-15(12)17(19)21-16(14)18/h2-8,17,19H,1H3. The van der Waals surface area contributed by atoms with E-state index >= 15 is 0 Å². The number of benzene rings is 3. The Kier molecular flexibility index (Phi) is 2.43. The largest absolute Gasteiger partial charge is 0.497 e. The zero-order valence-corrected chi connectivity index (χ0v) is 11.3. The molecule has 0 saturated heterocycles. The first-order valence-electron chi connectivity index (χ1n) is 6.62. The number of hydrogen-bond acceptors (Lipinski definition) is 4. The summed E-state index contributed by atoms with van der Waals surface area (Å²) in [6, 6.07) is 13.2. The molecule has 3 aromatic rings. The van der Waals surface area contributed by atoms with Crippen LogP contribution in [-0.4, -0.2) is 18.2 Å². The summed E-state index contributed by atoms with van der Waals surface area (Å²) < 4.78 is 10.3. The summed E-state index contributed by atoms with van der Waals surface area (Å²) >= 11 is 0. The van der Waals surface area contributed by atoms with Gasteiger partial charge in [-0.3, -0.25) is 0 Å². The summed E-state index contributed by atoms with van der Waals surface area (Å²) in [6.07, 6.45) is -1.21. The van der Waals surface area contributed by atoms with E-state index in [1.54, 1.807) is 7.11 Å². The molecule has 4 rings (SSSR count). The third kappa shape index (κ3) is 1.56. The number of cyclic esters (lactones) is 1. The zero-order chi connectivity index (χ0) is 14.6. The lowest BCUT2D eigenvalue weighted by Gasteiger charge is -2.11. The Labute approximate surface area is 120 Å². The molecule has 1 N–H and O–H groups in total. The van der Waals surface area contributed by atoms with Crippen molar-refractivity contribution in [3.8, 4) is 5.75 Å². The van der Waals surface area contributed by atoms with Crippen LogP contribution in [0.25, 0.3) is 21.5 Å². The topological polar surface area (TPSA) is 55.8 Å². The van der Waals surface area contributed by atoms with Gasteiger partial charge in [0.1, 0.15) is 5.75 Å². The lowest BCUT2D eigenvalue weighted by molar-refractivity contribution is -0.0540. The van der Waals surface area contributed by atoms with Gasteiger partial charge in [0.15, 0.2) is 0 Å². The first-order chi connectivity index (χ1) is 10.2. The molecule has 1 unspecified atom stereocenters. The van der Waals surface area contributed by atoms with E-state index < -0.39 is 12.3 Å². The lowest BCUT2D eigenvalue weighted by atomic mass is 9.92. The van der Waals surface area contributed by atoms with Crippen molar-refractivity contribution >= 4 is 27.5 Å². The first-order valence-corrected chi connectivity index (χ1v) is 6.62. The van der Waals surface area contributed by atoms with Gasteiger partial charge in [-0.25, -0.2) is 4.79 Å². The summed E-state index contributed by atoms with van der Waals surface area (Å²) in [6.45, 7) is 0. The van der Waals surface area contributed by atoms with Gasteiger partial charge in [-0.15, -0.1) is 0 Å². The van der Waals surface area contributed by atoms with Crippen LogP contribution in [0.15, 0.2) is 42.5 Å². The molecule has 0 spiro atoms. The van der Waals surface area contributed by atoms with Crippen molar-refractivity contribution in [2.75, 3.05) is 7.11 Å². The van der Waals surface area contributed by atoms with Crippen LogP contribution in [0.4, 0.5) is 0 Å². The van der Waals surface area contributed by atoms with Crippen molar-refractivity contribution in [1.82, 2.24) is 0 Å². The number of ether oxygens (including phenoxy) is 2. The Bertz CT molecular complexity index is 898. The number of carbonyl (C=O) groups excluding carboxylic acids is 1. The molecule has 4 heteroatoms. The van der Waals surface area contributed by atoms with E-state index in [1.165, 1.54) is 0 Å². The maximum Gasteiger partial charge on any atom is 0.341 e. The Morgan fingerprint density at radius 1 is 1.05 bits per heavy atom. The molecule has 4 nitrogen and oxygen atoms in total. The van der Waals surface area contributed by atoms with Crippen LogP contribution < -0.4 is 4.74 Å². The summed E-state index contributed by atoms with van der Waals surface area (Å²) in [5, 5.41) is 13.5. The number of fused-ring (bicyclic) bond motifs is 6. The van der Waals surface area contributed by atoms with Crippen molar-refractivity contribution in [1.29, 1.82) is 0 Å². The highest BCUT2D eigenvalue weighted by Crippen LogP contribution is 2.41. The van der Waals surface area contributed by atoms with Gasteiger partial charge >= 0.3 is 5.97 Å². The lowest BCUT2D eigenvalue weighted by Crippen LogP contribution is -1.96. The molecule has 1 aliphatic rings. The van der Waals surface area contributed by atoms with Gasteiger partial charge in [-0.1, -0.05) is 30.3 Å². The smallest absolute Gasteiger partial charge is 0.341 e. The molecule has 0 bridgehead atoms. The fourth-order valence-corrected chi connectivity index (χ4v) is 3.02. The van der Waals surface area contributed by atoms with Gasteiger partial charge in [-0.2, -0.15) is 0 Å². The molecular weight excluding hydrogens is 268 g/mol. The van der Waals surface area contributed by atoms with Crippen LogP contribution in [0, 0.1) is 0 Å². The fourth-order valence-electron chi connectivity index (χ4n) is 3.02. The molecule has 0 fully saturated rings. The Morgan fingerprint density at radius 2 is 1.81 bits per heavy atom. The number of aliphatic hydroxyl groups excluding tert-OH is 1. The maximum atomic E-state index is 12.0. The second kappa shape index (κ2) is 4.20. The van der Waals surface area contributed by atoms with Crippen molar-refractivity contribution < 1.29 is 19.4 Å². The Balaban J connectivity index is 2.27. The normalized spacial score (nSPS) is 17.0. The maximum absolute atomic E-state index is 12.0. The van der Waals surface area contributed by atoms with E-state index in [2.05, 4.69) is 0 Å². The predicted octanol–water partition coefficient (Wildman–Crippen LogP) is 3.16. The van der Waals surface area contributed by atoms with Gasteiger partial charge < -0.3 is 14.6 Å². The Hall–Kier alpha value is -2.59. The van der Waals surface area contributed by atoms with E-state index in [-0.39, 0.29) is 0 Å². The predicted molar refractivity (Wildman–Crippen MR) is 78.4 cm³/mol. The molecule has 0 amide bonds. The zero-order valence-electron chi connectivity index (χ0n) is 11.3. The summed E-state index contributed by atoms with van der Waals surface area (Å²) in [7, 11) is 1.61. The molecule has 3 aromatic carbocycles. The SMILES string of the molecule is COc1ccc2c3c(c4ccccc4c2c1)C(=O)OC3O. The van der Waals surface area contributed by atoms with Crippen LogP contribution in [0.2, 0.25) is 0 Å². The van der Waals surface area contributed by atoms with Gasteiger partial charge in [-0.05, 0) is 33.7 Å². The number of aliphatic hydroxyl groups is 1. The summed E-state index contributed by atoms with van der Waals surface area (Å²) in [5.74, 6) is 0.249. The van der Waals surface area contributed by atoms with Crippen LogP contribution >= 0.6 is 0 Å². The van der Waals surface area contributed by atoms with Crippen LogP contribution in [-0.2, 0) is 4.74 Å². The van der Waals surface area contributed by atoms with Crippen molar-refractivity contribution in [3.63, 3.8) is 0 Å². The van der Waals surface area contributed by atoms with Crippen LogP contribution in [0.5, 0.6) is 5.75 Å². The number of methoxy groups -OCH3 is 1. The minimum absolute atomic E-state index is 0.454. The van der Waals surface area contributed by atoms with E-state index in [9.17, 15) is 9.90 Å².